The number of nitrogens with one attached hydrogen (secondary N) is 2. The number of fused-ring (bicyclic) bond motifs is 2. The van der Waals surface area contributed by atoms with Crippen molar-refractivity contribution in [2.75, 3.05) is 5.32 Å². The van der Waals surface area contributed by atoms with Gasteiger partial charge in [0, 0.05) is 17.1 Å². The van der Waals surface area contributed by atoms with Gasteiger partial charge in [0.05, 0.1) is 18.3 Å². The first kappa shape index (κ1) is 20.2. The first-order chi connectivity index (χ1) is 15.1. The summed E-state index contributed by atoms with van der Waals surface area (Å²) >= 11 is 0. The van der Waals surface area contributed by atoms with Gasteiger partial charge in [0.1, 0.15) is 17.3 Å². The zero-order chi connectivity index (χ0) is 22.8. The molecule has 0 saturated heterocycles. The Morgan fingerprint density at radius 2 is 2.06 bits per heavy atom. The molecule has 12 heteroatoms. The fourth-order valence-electron chi connectivity index (χ4n) is 3.68. The molecule has 166 valence electrons. The van der Waals surface area contributed by atoms with Gasteiger partial charge in [0.15, 0.2) is 17.4 Å². The Morgan fingerprint density at radius 1 is 1.31 bits per heavy atom. The minimum atomic E-state index is -5.08. The molecule has 2 atom stereocenters. The van der Waals surface area contributed by atoms with Crippen molar-refractivity contribution in [2.45, 2.75) is 25.9 Å². The van der Waals surface area contributed by atoms with Gasteiger partial charge in [-0.1, -0.05) is 0 Å². The molecule has 4 aromatic rings. The van der Waals surface area contributed by atoms with E-state index in [-0.39, 0.29) is 28.7 Å². The van der Waals surface area contributed by atoms with Crippen LogP contribution in [0.15, 0.2) is 30.7 Å². The number of hydrogen-bond acceptors (Lipinski definition) is 4. The number of benzene rings is 1. The number of amides is 1. The molecule has 1 aromatic carbocycles. The monoisotopic (exact) mass is 451 g/mol. The van der Waals surface area contributed by atoms with Crippen molar-refractivity contribution in [1.29, 1.82) is 0 Å². The molecule has 32 heavy (non-hydrogen) atoms. The molecule has 1 amide bonds. The van der Waals surface area contributed by atoms with Crippen molar-refractivity contribution < 1.29 is 31.5 Å². The SMILES string of the molecule is Cc1c(F)c(OC(F)(F)F)c2[nH]ncc2c1-c1ccc2nc(NC(=O)C3CC3F)cn2c1. The number of anilines is 1. The third kappa shape index (κ3) is 3.41. The van der Waals surface area contributed by atoms with Crippen molar-refractivity contribution in [2.24, 2.45) is 5.92 Å². The van der Waals surface area contributed by atoms with E-state index >= 15 is 0 Å². The second-order valence-electron chi connectivity index (χ2n) is 7.51. The summed E-state index contributed by atoms with van der Waals surface area (Å²) in [5.41, 5.74) is 0.953. The summed E-state index contributed by atoms with van der Waals surface area (Å²) in [7, 11) is 0. The lowest BCUT2D eigenvalue weighted by atomic mass is 9.97. The summed E-state index contributed by atoms with van der Waals surface area (Å²) in [5.74, 6) is -3.06. The Hall–Kier alpha value is -3.70. The minimum Gasteiger partial charge on any atom is -0.400 e. The van der Waals surface area contributed by atoms with Crippen LogP contribution in [-0.4, -0.2) is 38.0 Å². The van der Waals surface area contributed by atoms with Gasteiger partial charge >= 0.3 is 6.36 Å². The van der Waals surface area contributed by atoms with Gasteiger partial charge < -0.3 is 14.5 Å². The van der Waals surface area contributed by atoms with Crippen LogP contribution in [0.4, 0.5) is 27.8 Å². The molecule has 2 unspecified atom stereocenters. The number of carbonyl (C=O) groups is 1. The second kappa shape index (κ2) is 6.90. The Bertz CT molecular complexity index is 1380. The van der Waals surface area contributed by atoms with Crippen molar-refractivity contribution >= 4 is 28.3 Å². The quantitative estimate of drug-likeness (QED) is 0.447. The average Bonchev–Trinajstić information content (AvgIpc) is 3.10. The number of aromatic amines is 1. The number of hydrogen-bond donors (Lipinski definition) is 2. The van der Waals surface area contributed by atoms with E-state index in [1.54, 1.807) is 22.7 Å². The van der Waals surface area contributed by atoms with Crippen LogP contribution in [0, 0.1) is 18.7 Å². The van der Waals surface area contributed by atoms with E-state index < -0.39 is 35.9 Å². The molecule has 1 saturated carbocycles. The lowest BCUT2D eigenvalue weighted by Crippen LogP contribution is -2.18. The third-order valence-corrected chi connectivity index (χ3v) is 5.30. The highest BCUT2D eigenvalue weighted by Crippen LogP contribution is 2.41. The standard InChI is InChI=1S/C20H14F5N5O2/c1-8-15(11-5-26-29-17(11)18(16(8)22)32-20(23,24)25)9-2-3-14-27-13(7-30(14)6-9)28-19(31)10-4-12(10)21/h2-3,5-7,10,12H,4H2,1H3,(H,26,29)(H,28,31). The topological polar surface area (TPSA) is 84.3 Å². The molecule has 5 rings (SSSR count). The number of rotatable bonds is 4. The number of aromatic nitrogens is 4. The maximum Gasteiger partial charge on any atom is 0.573 e. The van der Waals surface area contributed by atoms with Gasteiger partial charge in [-0.3, -0.25) is 9.89 Å². The number of carbonyl (C=O) groups excluding carboxylic acids is 1. The van der Waals surface area contributed by atoms with Crippen molar-refractivity contribution in [3.63, 3.8) is 0 Å². The highest BCUT2D eigenvalue weighted by molar-refractivity contribution is 5.99. The molecular formula is C20H14F5N5O2. The van der Waals surface area contributed by atoms with Gasteiger partial charge in [-0.2, -0.15) is 5.10 Å². The van der Waals surface area contributed by atoms with E-state index in [9.17, 15) is 26.7 Å². The van der Waals surface area contributed by atoms with Gasteiger partial charge in [-0.05, 0) is 36.6 Å². The number of imidazole rings is 1. The highest BCUT2D eigenvalue weighted by Gasteiger charge is 2.43. The van der Waals surface area contributed by atoms with Gasteiger partial charge in [-0.15, -0.1) is 13.2 Å². The molecule has 0 radical (unpaired) electrons. The van der Waals surface area contributed by atoms with Gasteiger partial charge in [0.2, 0.25) is 5.91 Å². The third-order valence-electron chi connectivity index (χ3n) is 5.30. The van der Waals surface area contributed by atoms with E-state index in [0.717, 1.165) is 0 Å². The molecule has 0 aliphatic heterocycles. The maximum absolute atomic E-state index is 14.9. The van der Waals surface area contributed by atoms with E-state index in [0.29, 0.717) is 16.8 Å². The highest BCUT2D eigenvalue weighted by atomic mass is 19.4. The van der Waals surface area contributed by atoms with Crippen molar-refractivity contribution in [3.05, 3.63) is 42.1 Å². The number of pyridine rings is 1. The van der Waals surface area contributed by atoms with Crippen LogP contribution in [0.1, 0.15) is 12.0 Å². The number of ether oxygens (including phenoxy) is 1. The smallest absolute Gasteiger partial charge is 0.400 e. The molecule has 3 heterocycles. The summed E-state index contributed by atoms with van der Waals surface area (Å²) in [6, 6.07) is 3.22. The molecule has 1 aliphatic rings. The van der Waals surface area contributed by atoms with Crippen LogP contribution in [-0.2, 0) is 4.79 Å². The Morgan fingerprint density at radius 3 is 2.75 bits per heavy atom. The number of nitrogens with zero attached hydrogens (tertiary/aromatic N) is 3. The minimum absolute atomic E-state index is 0.0612. The van der Waals surface area contributed by atoms with Crippen LogP contribution in [0.3, 0.4) is 0 Å². The summed E-state index contributed by atoms with van der Waals surface area (Å²) in [4.78, 5) is 16.2. The largest absolute Gasteiger partial charge is 0.573 e. The van der Waals surface area contributed by atoms with Gasteiger partial charge in [-0.25, -0.2) is 13.8 Å². The summed E-state index contributed by atoms with van der Waals surface area (Å²) in [5, 5.41) is 8.90. The van der Waals surface area contributed by atoms with E-state index in [1.807, 2.05) is 0 Å². The molecule has 0 bridgehead atoms. The number of alkyl halides is 4. The maximum atomic E-state index is 14.9. The average molecular weight is 451 g/mol. The molecular weight excluding hydrogens is 437 g/mol. The summed E-state index contributed by atoms with van der Waals surface area (Å²) in [6.45, 7) is 1.34. The molecule has 2 N–H and O–H groups in total. The van der Waals surface area contributed by atoms with Crippen LogP contribution in [0.5, 0.6) is 5.75 Å². The van der Waals surface area contributed by atoms with E-state index in [4.69, 9.17) is 0 Å². The van der Waals surface area contributed by atoms with E-state index in [2.05, 4.69) is 25.2 Å². The zero-order valence-corrected chi connectivity index (χ0v) is 16.3. The van der Waals surface area contributed by atoms with E-state index in [1.165, 1.54) is 19.3 Å². The normalized spacial score (nSPS) is 18.3. The Balaban J connectivity index is 1.57. The number of halogens is 5. The summed E-state index contributed by atoms with van der Waals surface area (Å²) < 4.78 is 71.7. The molecule has 3 aromatic heterocycles. The molecule has 1 fully saturated rings. The van der Waals surface area contributed by atoms with Crippen molar-refractivity contribution in [3.8, 4) is 16.9 Å². The first-order valence-corrected chi connectivity index (χ1v) is 9.47. The molecule has 1 aliphatic carbocycles. The zero-order valence-electron chi connectivity index (χ0n) is 16.3. The molecule has 0 spiro atoms. The lowest BCUT2D eigenvalue weighted by Gasteiger charge is -2.15. The van der Waals surface area contributed by atoms with Crippen molar-refractivity contribution in [1.82, 2.24) is 19.6 Å². The van der Waals surface area contributed by atoms with Crippen LogP contribution in [0.2, 0.25) is 0 Å². The van der Waals surface area contributed by atoms with Crippen LogP contribution < -0.4 is 10.1 Å². The predicted octanol–water partition coefficient (Wildman–Crippen LogP) is 4.52. The predicted molar refractivity (Wildman–Crippen MR) is 103 cm³/mol. The Kier molecular flexibility index (Phi) is 4.36. The second-order valence-corrected chi connectivity index (χ2v) is 7.51. The lowest BCUT2D eigenvalue weighted by molar-refractivity contribution is -0.275. The van der Waals surface area contributed by atoms with Crippen LogP contribution in [0.25, 0.3) is 27.7 Å². The number of H-pyrrole nitrogens is 1. The summed E-state index contributed by atoms with van der Waals surface area (Å²) in [6.07, 6.45) is -1.66. The van der Waals surface area contributed by atoms with Gasteiger partial charge in [0.25, 0.3) is 0 Å². The Labute approximate surface area is 176 Å². The molecule has 7 nitrogen and oxygen atoms in total. The fraction of sp³-hybridized carbons (Fsp3) is 0.250. The van der Waals surface area contributed by atoms with Crippen LogP contribution >= 0.6 is 0 Å². The first-order valence-electron chi connectivity index (χ1n) is 9.47. The fourth-order valence-corrected chi connectivity index (χ4v) is 3.68.